The van der Waals surface area contributed by atoms with Crippen molar-refractivity contribution >= 4 is 5.78 Å². The van der Waals surface area contributed by atoms with E-state index in [-0.39, 0.29) is 23.0 Å². The van der Waals surface area contributed by atoms with E-state index in [4.69, 9.17) is 4.74 Å². The van der Waals surface area contributed by atoms with E-state index in [1.165, 1.54) is 0 Å². The predicted octanol–water partition coefficient (Wildman–Crippen LogP) is 2.81. The van der Waals surface area contributed by atoms with Gasteiger partial charge in [0.25, 0.3) is 0 Å². The summed E-state index contributed by atoms with van der Waals surface area (Å²) in [5.41, 5.74) is -0.0944. The van der Waals surface area contributed by atoms with Gasteiger partial charge in [-0.3, -0.25) is 4.79 Å². The standard InChI is InChI=1S/C12H22O2/c1-8(13)9-7-10(12(9,5)6)14-11(2,3)4/h9-10H,7H2,1-6H3. The van der Waals surface area contributed by atoms with Crippen molar-refractivity contribution in [1.82, 2.24) is 0 Å². The van der Waals surface area contributed by atoms with Crippen LogP contribution in [0.3, 0.4) is 0 Å². The van der Waals surface area contributed by atoms with Gasteiger partial charge in [0.2, 0.25) is 0 Å². The molecule has 0 aromatic rings. The summed E-state index contributed by atoms with van der Waals surface area (Å²) >= 11 is 0. The topological polar surface area (TPSA) is 26.3 Å². The number of ether oxygens (including phenoxy) is 1. The Kier molecular flexibility index (Phi) is 2.79. The monoisotopic (exact) mass is 198 g/mol. The van der Waals surface area contributed by atoms with Gasteiger partial charge in [0.15, 0.2) is 0 Å². The Balaban J connectivity index is 2.59. The van der Waals surface area contributed by atoms with Gasteiger partial charge in [0.1, 0.15) is 5.78 Å². The molecular formula is C12H22O2. The summed E-state index contributed by atoms with van der Waals surface area (Å²) in [6.07, 6.45) is 1.12. The van der Waals surface area contributed by atoms with Crippen LogP contribution in [0.5, 0.6) is 0 Å². The third-order valence-corrected chi connectivity index (χ3v) is 3.16. The van der Waals surface area contributed by atoms with E-state index in [0.717, 1.165) is 6.42 Å². The molecular weight excluding hydrogens is 176 g/mol. The Hall–Kier alpha value is -0.370. The first kappa shape index (κ1) is 11.7. The number of hydrogen-bond acceptors (Lipinski definition) is 2. The zero-order chi connectivity index (χ0) is 11.1. The van der Waals surface area contributed by atoms with Crippen LogP contribution >= 0.6 is 0 Å². The van der Waals surface area contributed by atoms with Gasteiger partial charge < -0.3 is 4.74 Å². The van der Waals surface area contributed by atoms with Crippen molar-refractivity contribution in [2.45, 2.75) is 59.7 Å². The lowest BCUT2D eigenvalue weighted by atomic mass is 9.58. The highest BCUT2D eigenvalue weighted by atomic mass is 16.5. The van der Waals surface area contributed by atoms with Crippen LogP contribution in [-0.4, -0.2) is 17.5 Å². The van der Waals surface area contributed by atoms with Gasteiger partial charge in [-0.2, -0.15) is 0 Å². The lowest BCUT2D eigenvalue weighted by molar-refractivity contribution is -0.191. The summed E-state index contributed by atoms with van der Waals surface area (Å²) < 4.78 is 5.92. The molecule has 1 fully saturated rings. The second-order valence-corrected chi connectivity index (χ2v) is 5.94. The molecule has 0 radical (unpaired) electrons. The molecule has 2 heteroatoms. The minimum absolute atomic E-state index is 0.0130. The van der Waals surface area contributed by atoms with Crippen molar-refractivity contribution in [3.63, 3.8) is 0 Å². The summed E-state index contributed by atoms with van der Waals surface area (Å²) in [5.74, 6) is 0.485. The van der Waals surface area contributed by atoms with Crippen molar-refractivity contribution in [3.05, 3.63) is 0 Å². The maximum atomic E-state index is 11.3. The van der Waals surface area contributed by atoms with Crippen LogP contribution in [0, 0.1) is 11.3 Å². The molecule has 2 nitrogen and oxygen atoms in total. The zero-order valence-electron chi connectivity index (χ0n) is 10.2. The van der Waals surface area contributed by atoms with Gasteiger partial charge in [-0.05, 0) is 34.1 Å². The highest BCUT2D eigenvalue weighted by molar-refractivity contribution is 5.80. The van der Waals surface area contributed by atoms with E-state index >= 15 is 0 Å². The SMILES string of the molecule is CC(=O)C1CC(OC(C)(C)C)C1(C)C. The first-order valence-electron chi connectivity index (χ1n) is 5.33. The average molecular weight is 198 g/mol. The van der Waals surface area contributed by atoms with E-state index in [2.05, 4.69) is 34.6 Å². The fourth-order valence-electron chi connectivity index (χ4n) is 2.20. The van der Waals surface area contributed by atoms with E-state index in [1.807, 2.05) is 0 Å². The van der Waals surface area contributed by atoms with Gasteiger partial charge in [-0.25, -0.2) is 0 Å². The molecule has 0 saturated heterocycles. The fraction of sp³-hybridized carbons (Fsp3) is 0.917. The quantitative estimate of drug-likeness (QED) is 0.682. The van der Waals surface area contributed by atoms with Gasteiger partial charge in [-0.1, -0.05) is 13.8 Å². The molecule has 0 heterocycles. The first-order chi connectivity index (χ1) is 6.14. The van der Waals surface area contributed by atoms with Crippen molar-refractivity contribution in [3.8, 4) is 0 Å². The largest absolute Gasteiger partial charge is 0.372 e. The van der Waals surface area contributed by atoms with Gasteiger partial charge in [-0.15, -0.1) is 0 Å². The molecule has 0 N–H and O–H groups in total. The third kappa shape index (κ3) is 2.17. The highest BCUT2D eigenvalue weighted by Crippen LogP contribution is 2.49. The van der Waals surface area contributed by atoms with Crippen LogP contribution in [0.1, 0.15) is 48.0 Å². The molecule has 1 rings (SSSR count). The maximum Gasteiger partial charge on any atom is 0.133 e. The second-order valence-electron chi connectivity index (χ2n) is 5.94. The molecule has 0 spiro atoms. The summed E-state index contributed by atoms with van der Waals surface area (Å²) in [5, 5.41) is 0. The Morgan fingerprint density at radius 1 is 1.36 bits per heavy atom. The molecule has 1 saturated carbocycles. The van der Waals surface area contributed by atoms with Crippen LogP contribution in [0.25, 0.3) is 0 Å². The summed E-state index contributed by atoms with van der Waals surface area (Å²) in [6.45, 7) is 12.1. The lowest BCUT2D eigenvalue weighted by Gasteiger charge is -2.52. The second kappa shape index (κ2) is 3.34. The van der Waals surface area contributed by atoms with Crippen molar-refractivity contribution < 1.29 is 9.53 Å². The van der Waals surface area contributed by atoms with Gasteiger partial charge >= 0.3 is 0 Å². The number of carbonyl (C=O) groups is 1. The fourth-order valence-corrected chi connectivity index (χ4v) is 2.20. The molecule has 0 aromatic carbocycles. The van der Waals surface area contributed by atoms with Crippen LogP contribution in [-0.2, 0) is 9.53 Å². The van der Waals surface area contributed by atoms with E-state index in [1.54, 1.807) is 6.92 Å². The highest BCUT2D eigenvalue weighted by Gasteiger charge is 2.52. The Bertz CT molecular complexity index is 235. The molecule has 0 bridgehead atoms. The molecule has 1 aliphatic rings. The van der Waals surface area contributed by atoms with Crippen molar-refractivity contribution in [2.75, 3.05) is 0 Å². The number of ketones is 1. The van der Waals surface area contributed by atoms with Crippen molar-refractivity contribution in [1.29, 1.82) is 0 Å². The van der Waals surface area contributed by atoms with E-state index in [0.29, 0.717) is 5.78 Å². The van der Waals surface area contributed by atoms with Crippen LogP contribution in [0.2, 0.25) is 0 Å². The molecule has 2 unspecified atom stereocenters. The maximum absolute atomic E-state index is 11.3. The van der Waals surface area contributed by atoms with Crippen LogP contribution < -0.4 is 0 Å². The lowest BCUT2D eigenvalue weighted by Crippen LogP contribution is -2.55. The minimum Gasteiger partial charge on any atom is -0.372 e. The number of hydrogen-bond donors (Lipinski definition) is 0. The molecule has 0 aliphatic heterocycles. The number of carbonyl (C=O) groups excluding carboxylic acids is 1. The van der Waals surface area contributed by atoms with Crippen molar-refractivity contribution in [2.24, 2.45) is 11.3 Å². The Morgan fingerprint density at radius 2 is 1.86 bits per heavy atom. The Labute approximate surface area is 87.0 Å². The summed E-state index contributed by atoms with van der Waals surface area (Å²) in [7, 11) is 0. The summed E-state index contributed by atoms with van der Waals surface area (Å²) in [6, 6.07) is 0. The minimum atomic E-state index is -0.107. The smallest absolute Gasteiger partial charge is 0.133 e. The van der Waals surface area contributed by atoms with Gasteiger partial charge in [0.05, 0.1) is 11.7 Å². The van der Waals surface area contributed by atoms with Gasteiger partial charge in [0, 0.05) is 11.3 Å². The molecule has 0 aromatic heterocycles. The van der Waals surface area contributed by atoms with Crippen LogP contribution in [0.15, 0.2) is 0 Å². The van der Waals surface area contributed by atoms with E-state index < -0.39 is 0 Å². The van der Waals surface area contributed by atoms with E-state index in [9.17, 15) is 4.79 Å². The summed E-state index contributed by atoms with van der Waals surface area (Å²) in [4.78, 5) is 11.3. The molecule has 1 aliphatic carbocycles. The number of rotatable bonds is 2. The first-order valence-corrected chi connectivity index (χ1v) is 5.33. The Morgan fingerprint density at radius 3 is 2.14 bits per heavy atom. The molecule has 82 valence electrons. The normalized spacial score (nSPS) is 31.0. The van der Waals surface area contributed by atoms with Crippen LogP contribution in [0.4, 0.5) is 0 Å². The zero-order valence-corrected chi connectivity index (χ0v) is 10.2. The number of Topliss-reactive ketones (excluding diaryl/α,β-unsaturated/α-hetero) is 1. The third-order valence-electron chi connectivity index (χ3n) is 3.16. The average Bonchev–Trinajstić information content (AvgIpc) is 1.94. The predicted molar refractivity (Wildman–Crippen MR) is 57.2 cm³/mol. The molecule has 0 amide bonds. The molecule has 14 heavy (non-hydrogen) atoms. The molecule has 2 atom stereocenters.